The normalized spacial score (nSPS) is 12.1. The molecular weight excluding hydrogens is 204 g/mol. The SMILES string of the molecule is NCC(=O)NC(C(=O)O)c1cccs1. The van der Waals surface area contributed by atoms with Gasteiger partial charge in [0.15, 0.2) is 6.04 Å². The Morgan fingerprint density at radius 3 is 2.79 bits per heavy atom. The average molecular weight is 214 g/mol. The summed E-state index contributed by atoms with van der Waals surface area (Å²) in [6, 6.07) is 2.39. The highest BCUT2D eigenvalue weighted by molar-refractivity contribution is 7.10. The van der Waals surface area contributed by atoms with Gasteiger partial charge in [0.05, 0.1) is 6.54 Å². The highest BCUT2D eigenvalue weighted by Gasteiger charge is 2.21. The van der Waals surface area contributed by atoms with Crippen molar-refractivity contribution < 1.29 is 14.7 Å². The Morgan fingerprint density at radius 1 is 1.64 bits per heavy atom. The zero-order valence-corrected chi connectivity index (χ0v) is 8.08. The third-order valence-corrected chi connectivity index (χ3v) is 2.50. The van der Waals surface area contributed by atoms with E-state index in [0.717, 1.165) is 0 Å². The predicted molar refractivity (Wildman–Crippen MR) is 51.9 cm³/mol. The summed E-state index contributed by atoms with van der Waals surface area (Å²) in [6.45, 7) is -0.213. The lowest BCUT2D eigenvalue weighted by molar-refractivity contribution is -0.141. The number of nitrogens with two attached hydrogens (primary N) is 1. The first kappa shape index (κ1) is 10.7. The Labute approximate surface area is 84.5 Å². The van der Waals surface area contributed by atoms with Crippen molar-refractivity contribution in [2.75, 3.05) is 6.54 Å². The van der Waals surface area contributed by atoms with E-state index >= 15 is 0 Å². The van der Waals surface area contributed by atoms with E-state index in [4.69, 9.17) is 10.8 Å². The van der Waals surface area contributed by atoms with E-state index in [2.05, 4.69) is 5.32 Å². The molecule has 4 N–H and O–H groups in total. The molecule has 5 nitrogen and oxygen atoms in total. The first-order valence-corrected chi connectivity index (χ1v) is 4.78. The first-order valence-electron chi connectivity index (χ1n) is 3.90. The molecule has 1 rings (SSSR count). The zero-order chi connectivity index (χ0) is 10.6. The minimum absolute atomic E-state index is 0.213. The molecule has 0 aliphatic carbocycles. The van der Waals surface area contributed by atoms with Crippen molar-refractivity contribution in [1.82, 2.24) is 5.32 Å². The minimum Gasteiger partial charge on any atom is -0.479 e. The fraction of sp³-hybridized carbons (Fsp3) is 0.250. The maximum absolute atomic E-state index is 10.9. The Morgan fingerprint density at radius 2 is 2.36 bits per heavy atom. The predicted octanol–water partition coefficient (Wildman–Crippen LogP) is -0.0513. The van der Waals surface area contributed by atoms with Gasteiger partial charge in [-0.2, -0.15) is 0 Å². The number of carboxylic acid groups (broad SMARTS) is 1. The number of amides is 1. The number of thiophene rings is 1. The van der Waals surface area contributed by atoms with E-state index < -0.39 is 17.9 Å². The lowest BCUT2D eigenvalue weighted by Gasteiger charge is -2.11. The van der Waals surface area contributed by atoms with Crippen LogP contribution in [-0.2, 0) is 9.59 Å². The monoisotopic (exact) mass is 214 g/mol. The van der Waals surface area contributed by atoms with Crippen molar-refractivity contribution in [3.63, 3.8) is 0 Å². The van der Waals surface area contributed by atoms with Gasteiger partial charge in [-0.1, -0.05) is 6.07 Å². The van der Waals surface area contributed by atoms with E-state index in [9.17, 15) is 9.59 Å². The first-order chi connectivity index (χ1) is 6.65. The largest absolute Gasteiger partial charge is 0.479 e. The number of rotatable bonds is 4. The molecule has 0 saturated heterocycles. The molecule has 0 aliphatic rings. The maximum atomic E-state index is 10.9. The summed E-state index contributed by atoms with van der Waals surface area (Å²) in [5.74, 6) is -1.57. The molecule has 0 aromatic carbocycles. The average Bonchev–Trinajstić information content (AvgIpc) is 2.65. The van der Waals surface area contributed by atoms with Crippen LogP contribution in [0.3, 0.4) is 0 Å². The molecule has 76 valence electrons. The van der Waals surface area contributed by atoms with Crippen LogP contribution in [0.4, 0.5) is 0 Å². The third-order valence-electron chi connectivity index (χ3n) is 1.57. The summed E-state index contributed by atoms with van der Waals surface area (Å²) in [7, 11) is 0. The third kappa shape index (κ3) is 2.54. The molecule has 0 saturated carbocycles. The van der Waals surface area contributed by atoms with Gasteiger partial charge >= 0.3 is 5.97 Å². The van der Waals surface area contributed by atoms with Crippen molar-refractivity contribution in [3.05, 3.63) is 22.4 Å². The molecule has 0 bridgehead atoms. The van der Waals surface area contributed by atoms with Gasteiger partial charge in [-0.15, -0.1) is 11.3 Å². The number of hydrogen-bond acceptors (Lipinski definition) is 4. The Bertz CT molecular complexity index is 323. The van der Waals surface area contributed by atoms with Gasteiger partial charge in [0.2, 0.25) is 5.91 Å². The lowest BCUT2D eigenvalue weighted by atomic mass is 10.2. The number of carbonyl (C=O) groups excluding carboxylic acids is 1. The summed E-state index contributed by atoms with van der Waals surface area (Å²) in [4.78, 5) is 22.3. The molecule has 1 atom stereocenters. The summed E-state index contributed by atoms with van der Waals surface area (Å²) < 4.78 is 0. The smallest absolute Gasteiger partial charge is 0.331 e. The summed E-state index contributed by atoms with van der Waals surface area (Å²) in [5, 5.41) is 12.9. The van der Waals surface area contributed by atoms with Crippen LogP contribution in [0.25, 0.3) is 0 Å². The van der Waals surface area contributed by atoms with Crippen molar-refractivity contribution in [1.29, 1.82) is 0 Å². The highest BCUT2D eigenvalue weighted by Crippen LogP contribution is 2.18. The van der Waals surface area contributed by atoms with Gasteiger partial charge in [0, 0.05) is 4.88 Å². The van der Waals surface area contributed by atoms with Crippen LogP contribution in [0.5, 0.6) is 0 Å². The summed E-state index contributed by atoms with van der Waals surface area (Å²) in [5.41, 5.74) is 5.07. The molecule has 0 aliphatic heterocycles. The van der Waals surface area contributed by atoms with Crippen LogP contribution in [0, 0.1) is 0 Å². The Kier molecular flexibility index (Phi) is 3.61. The van der Waals surface area contributed by atoms with Crippen LogP contribution in [0.1, 0.15) is 10.9 Å². The Hall–Kier alpha value is -1.40. The van der Waals surface area contributed by atoms with Gasteiger partial charge in [0.1, 0.15) is 0 Å². The van der Waals surface area contributed by atoms with E-state index in [-0.39, 0.29) is 6.54 Å². The molecule has 6 heteroatoms. The van der Waals surface area contributed by atoms with Gasteiger partial charge in [-0.25, -0.2) is 4.79 Å². The molecular formula is C8H10N2O3S. The number of carboxylic acids is 1. The number of nitrogens with one attached hydrogen (secondary N) is 1. The second kappa shape index (κ2) is 4.73. The number of carbonyl (C=O) groups is 2. The van der Waals surface area contributed by atoms with Crippen LogP contribution in [0.15, 0.2) is 17.5 Å². The van der Waals surface area contributed by atoms with Crippen LogP contribution >= 0.6 is 11.3 Å². The van der Waals surface area contributed by atoms with Crippen molar-refractivity contribution in [2.45, 2.75) is 6.04 Å². The standard InChI is InChI=1S/C8H10N2O3S/c9-4-6(11)10-7(8(12)13)5-2-1-3-14-5/h1-3,7H,4,9H2,(H,10,11)(H,12,13). The van der Waals surface area contributed by atoms with Crippen LogP contribution in [-0.4, -0.2) is 23.5 Å². The van der Waals surface area contributed by atoms with Crippen molar-refractivity contribution in [2.24, 2.45) is 5.73 Å². The molecule has 0 spiro atoms. The highest BCUT2D eigenvalue weighted by atomic mass is 32.1. The van der Waals surface area contributed by atoms with E-state index in [0.29, 0.717) is 4.88 Å². The molecule has 1 aromatic rings. The molecule has 1 heterocycles. The van der Waals surface area contributed by atoms with Gasteiger partial charge in [-0.3, -0.25) is 4.79 Å². The second-order valence-electron chi connectivity index (χ2n) is 2.56. The van der Waals surface area contributed by atoms with E-state index in [1.807, 2.05) is 0 Å². The zero-order valence-electron chi connectivity index (χ0n) is 7.27. The summed E-state index contributed by atoms with van der Waals surface area (Å²) >= 11 is 1.28. The van der Waals surface area contributed by atoms with Crippen molar-refractivity contribution in [3.8, 4) is 0 Å². The second-order valence-corrected chi connectivity index (χ2v) is 3.54. The van der Waals surface area contributed by atoms with Gasteiger partial charge in [0.25, 0.3) is 0 Å². The van der Waals surface area contributed by atoms with Crippen LogP contribution in [0.2, 0.25) is 0 Å². The number of aliphatic carboxylic acids is 1. The fourth-order valence-corrected chi connectivity index (χ4v) is 1.70. The van der Waals surface area contributed by atoms with Crippen molar-refractivity contribution >= 4 is 23.2 Å². The minimum atomic E-state index is -1.09. The maximum Gasteiger partial charge on any atom is 0.331 e. The molecule has 14 heavy (non-hydrogen) atoms. The summed E-state index contributed by atoms with van der Waals surface area (Å²) in [6.07, 6.45) is 0. The molecule has 0 fully saturated rings. The molecule has 1 amide bonds. The topological polar surface area (TPSA) is 92.4 Å². The quantitative estimate of drug-likeness (QED) is 0.655. The van der Waals surface area contributed by atoms with Gasteiger partial charge < -0.3 is 16.2 Å². The molecule has 1 aromatic heterocycles. The molecule has 0 radical (unpaired) electrons. The molecule has 1 unspecified atom stereocenters. The van der Waals surface area contributed by atoms with E-state index in [1.54, 1.807) is 17.5 Å². The van der Waals surface area contributed by atoms with E-state index in [1.165, 1.54) is 11.3 Å². The lowest BCUT2D eigenvalue weighted by Crippen LogP contribution is -2.37. The van der Waals surface area contributed by atoms with Crippen LogP contribution < -0.4 is 11.1 Å². The van der Waals surface area contributed by atoms with Gasteiger partial charge in [-0.05, 0) is 11.4 Å². The Balaban J connectivity index is 2.76. The number of hydrogen-bond donors (Lipinski definition) is 3. The fourth-order valence-electron chi connectivity index (χ4n) is 0.930.